The number of hydrogen-bond acceptors (Lipinski definition) is 4. The monoisotopic (exact) mass is 236 g/mol. The zero-order valence-electron chi connectivity index (χ0n) is 10.1. The fourth-order valence-corrected chi connectivity index (χ4v) is 1.30. The van der Waals surface area contributed by atoms with Gasteiger partial charge in [0.25, 0.3) is 0 Å². The van der Waals surface area contributed by atoms with Crippen LogP contribution in [0.3, 0.4) is 0 Å². The van der Waals surface area contributed by atoms with Crippen molar-refractivity contribution in [3.8, 4) is 5.75 Å². The molecule has 0 saturated carbocycles. The number of ketones is 1. The Hall–Kier alpha value is -1.84. The Balaban J connectivity index is 2.60. The number of Topliss-reactive ketones (excluding diaryl/α,β-unsaturated/α-hetero) is 1. The molecule has 0 aliphatic carbocycles. The molecule has 0 bridgehead atoms. The molecule has 1 aromatic rings. The first-order chi connectivity index (χ1) is 8.17. The van der Waals surface area contributed by atoms with E-state index in [4.69, 9.17) is 9.47 Å². The molecule has 0 heterocycles. The molecule has 4 heteroatoms. The maximum absolute atomic E-state index is 11.7. The van der Waals surface area contributed by atoms with Gasteiger partial charge < -0.3 is 9.47 Å². The molecule has 0 fully saturated rings. The third-order valence-corrected chi connectivity index (χ3v) is 2.16. The van der Waals surface area contributed by atoms with Gasteiger partial charge in [-0.25, -0.2) is 0 Å². The summed E-state index contributed by atoms with van der Waals surface area (Å²) in [6, 6.07) is 6.71. The largest absolute Gasteiger partial charge is 0.497 e. The molecule has 0 saturated heterocycles. The third kappa shape index (κ3) is 4.26. The fourth-order valence-electron chi connectivity index (χ4n) is 1.30. The second-order valence-corrected chi connectivity index (χ2v) is 3.55. The maximum atomic E-state index is 11.7. The van der Waals surface area contributed by atoms with Crippen LogP contribution in [-0.2, 0) is 9.53 Å². The Morgan fingerprint density at radius 1 is 1.29 bits per heavy atom. The highest BCUT2D eigenvalue weighted by atomic mass is 16.5. The second-order valence-electron chi connectivity index (χ2n) is 3.55. The number of esters is 1. The summed E-state index contributed by atoms with van der Waals surface area (Å²) in [7, 11) is 1.53. The van der Waals surface area contributed by atoms with Crippen LogP contribution in [0.25, 0.3) is 0 Å². The first-order valence-corrected chi connectivity index (χ1v) is 5.50. The first kappa shape index (κ1) is 13.2. The zero-order chi connectivity index (χ0) is 12.7. The van der Waals surface area contributed by atoms with Crippen molar-refractivity contribution in [1.29, 1.82) is 0 Å². The van der Waals surface area contributed by atoms with E-state index in [0.717, 1.165) is 6.42 Å². The molecular formula is C13H16O4. The minimum atomic E-state index is -0.486. The summed E-state index contributed by atoms with van der Waals surface area (Å²) in [4.78, 5) is 23.0. The van der Waals surface area contributed by atoms with Gasteiger partial charge in [0.15, 0.2) is 5.78 Å². The van der Waals surface area contributed by atoms with E-state index in [9.17, 15) is 9.59 Å². The second kappa shape index (κ2) is 6.68. The Morgan fingerprint density at radius 3 is 2.71 bits per heavy atom. The predicted octanol–water partition coefficient (Wildman–Crippen LogP) is 2.22. The van der Waals surface area contributed by atoms with Crippen molar-refractivity contribution < 1.29 is 19.1 Å². The van der Waals surface area contributed by atoms with E-state index in [2.05, 4.69) is 0 Å². The van der Waals surface area contributed by atoms with Gasteiger partial charge in [0, 0.05) is 5.56 Å². The van der Waals surface area contributed by atoms with E-state index < -0.39 is 5.97 Å². The lowest BCUT2D eigenvalue weighted by Gasteiger charge is -2.04. The van der Waals surface area contributed by atoms with Crippen molar-refractivity contribution in [2.75, 3.05) is 13.7 Å². The summed E-state index contributed by atoms with van der Waals surface area (Å²) < 4.78 is 9.86. The molecule has 1 rings (SSSR count). The molecule has 1 aromatic carbocycles. The van der Waals surface area contributed by atoms with Crippen LogP contribution in [0.2, 0.25) is 0 Å². The SMILES string of the molecule is CCCOC(=O)CC(=O)c1cccc(OC)c1. The number of carbonyl (C=O) groups is 2. The highest BCUT2D eigenvalue weighted by molar-refractivity contribution is 6.06. The van der Waals surface area contributed by atoms with Crippen LogP contribution >= 0.6 is 0 Å². The Labute approximate surface area is 101 Å². The molecule has 0 unspecified atom stereocenters. The molecule has 0 spiro atoms. The van der Waals surface area contributed by atoms with Gasteiger partial charge in [-0.3, -0.25) is 9.59 Å². The van der Waals surface area contributed by atoms with Crippen LogP contribution in [0.4, 0.5) is 0 Å². The lowest BCUT2D eigenvalue weighted by atomic mass is 10.1. The fraction of sp³-hybridized carbons (Fsp3) is 0.385. The van der Waals surface area contributed by atoms with Crippen LogP contribution in [-0.4, -0.2) is 25.5 Å². The molecule has 17 heavy (non-hydrogen) atoms. The summed E-state index contributed by atoms with van der Waals surface area (Å²) in [6.45, 7) is 2.25. The molecule has 0 atom stereocenters. The number of ether oxygens (including phenoxy) is 2. The highest BCUT2D eigenvalue weighted by Gasteiger charge is 2.13. The van der Waals surface area contributed by atoms with E-state index in [1.54, 1.807) is 24.3 Å². The standard InChI is InChI=1S/C13H16O4/c1-3-7-17-13(15)9-12(14)10-5-4-6-11(8-10)16-2/h4-6,8H,3,7,9H2,1-2H3. The molecule has 0 aliphatic heterocycles. The van der Waals surface area contributed by atoms with Gasteiger partial charge in [-0.05, 0) is 18.6 Å². The van der Waals surface area contributed by atoms with E-state index in [0.29, 0.717) is 17.9 Å². The van der Waals surface area contributed by atoms with Crippen molar-refractivity contribution in [2.24, 2.45) is 0 Å². The van der Waals surface area contributed by atoms with E-state index in [-0.39, 0.29) is 12.2 Å². The van der Waals surface area contributed by atoms with E-state index in [1.165, 1.54) is 7.11 Å². The van der Waals surface area contributed by atoms with Crippen LogP contribution < -0.4 is 4.74 Å². The predicted molar refractivity (Wildman–Crippen MR) is 63.2 cm³/mol. The zero-order valence-corrected chi connectivity index (χ0v) is 10.1. The minimum Gasteiger partial charge on any atom is -0.497 e. The number of methoxy groups -OCH3 is 1. The maximum Gasteiger partial charge on any atom is 0.313 e. The average Bonchev–Trinajstić information content (AvgIpc) is 2.36. The molecule has 92 valence electrons. The first-order valence-electron chi connectivity index (χ1n) is 5.50. The molecule has 0 radical (unpaired) electrons. The topological polar surface area (TPSA) is 52.6 Å². The van der Waals surface area contributed by atoms with Gasteiger partial charge in [0.1, 0.15) is 12.2 Å². The Morgan fingerprint density at radius 2 is 2.06 bits per heavy atom. The van der Waals surface area contributed by atoms with Gasteiger partial charge in [0.2, 0.25) is 0 Å². The van der Waals surface area contributed by atoms with E-state index in [1.807, 2.05) is 6.92 Å². The Kier molecular flexibility index (Phi) is 5.20. The van der Waals surface area contributed by atoms with Crippen molar-refractivity contribution >= 4 is 11.8 Å². The minimum absolute atomic E-state index is 0.229. The van der Waals surface area contributed by atoms with Crippen LogP contribution in [0, 0.1) is 0 Å². The van der Waals surface area contributed by atoms with Crippen molar-refractivity contribution in [1.82, 2.24) is 0 Å². The summed E-state index contributed by atoms with van der Waals surface area (Å²) >= 11 is 0. The molecule has 4 nitrogen and oxygen atoms in total. The number of benzene rings is 1. The molecular weight excluding hydrogens is 220 g/mol. The van der Waals surface area contributed by atoms with Crippen molar-refractivity contribution in [3.05, 3.63) is 29.8 Å². The molecule has 0 N–H and O–H groups in total. The highest BCUT2D eigenvalue weighted by Crippen LogP contribution is 2.14. The smallest absolute Gasteiger partial charge is 0.313 e. The van der Waals surface area contributed by atoms with Crippen molar-refractivity contribution in [2.45, 2.75) is 19.8 Å². The summed E-state index contributed by atoms with van der Waals surface area (Å²) in [5, 5.41) is 0. The van der Waals surface area contributed by atoms with Gasteiger partial charge in [0.05, 0.1) is 13.7 Å². The van der Waals surface area contributed by atoms with Crippen LogP contribution in [0.15, 0.2) is 24.3 Å². The third-order valence-electron chi connectivity index (χ3n) is 2.16. The molecule has 0 amide bonds. The summed E-state index contributed by atoms with van der Waals surface area (Å²) in [5.74, 6) is -0.151. The van der Waals surface area contributed by atoms with E-state index >= 15 is 0 Å². The van der Waals surface area contributed by atoms with Crippen LogP contribution in [0.1, 0.15) is 30.1 Å². The van der Waals surface area contributed by atoms with Gasteiger partial charge in [-0.15, -0.1) is 0 Å². The van der Waals surface area contributed by atoms with Crippen LogP contribution in [0.5, 0.6) is 5.75 Å². The van der Waals surface area contributed by atoms with Crippen molar-refractivity contribution in [3.63, 3.8) is 0 Å². The number of carbonyl (C=O) groups excluding carboxylic acids is 2. The Bertz CT molecular complexity index is 398. The average molecular weight is 236 g/mol. The van der Waals surface area contributed by atoms with Gasteiger partial charge >= 0.3 is 5.97 Å². The summed E-state index contributed by atoms with van der Waals surface area (Å²) in [6.07, 6.45) is 0.520. The normalized spacial score (nSPS) is 9.76. The van der Waals surface area contributed by atoms with Gasteiger partial charge in [-0.1, -0.05) is 19.1 Å². The number of hydrogen-bond donors (Lipinski definition) is 0. The molecule has 0 aliphatic rings. The van der Waals surface area contributed by atoms with Gasteiger partial charge in [-0.2, -0.15) is 0 Å². The quantitative estimate of drug-likeness (QED) is 0.431. The lowest BCUT2D eigenvalue weighted by Crippen LogP contribution is -2.12. The molecule has 0 aromatic heterocycles. The number of rotatable bonds is 6. The summed E-state index contributed by atoms with van der Waals surface area (Å²) in [5.41, 5.74) is 0.456. The lowest BCUT2D eigenvalue weighted by molar-refractivity contribution is -0.142.